The number of halogens is 1. The van der Waals surface area contributed by atoms with Crippen LogP contribution in [0.1, 0.15) is 24.5 Å². The van der Waals surface area contributed by atoms with E-state index in [1.165, 1.54) is 37.3 Å². The SMILES string of the molecule is CCCNC(=O)[C@H](Cc1ccccc1)N(Cc1cccc(Cl)c1)C(=O)CN(c1ccc(OC)c(OC)c1)S(=O)(=O)c1ccccc1. The molecule has 4 rings (SSSR count). The molecular formula is C35H38ClN3O6S. The van der Waals surface area contributed by atoms with Gasteiger partial charge in [0, 0.05) is 30.6 Å². The maximum atomic E-state index is 14.5. The average molecular weight is 664 g/mol. The van der Waals surface area contributed by atoms with Gasteiger partial charge >= 0.3 is 0 Å². The van der Waals surface area contributed by atoms with Crippen LogP contribution >= 0.6 is 11.6 Å². The van der Waals surface area contributed by atoms with E-state index < -0.39 is 28.5 Å². The van der Waals surface area contributed by atoms with Crippen molar-refractivity contribution in [2.75, 3.05) is 31.6 Å². The fraction of sp³-hybridized carbons (Fsp3) is 0.257. The van der Waals surface area contributed by atoms with E-state index in [-0.39, 0.29) is 35.2 Å². The summed E-state index contributed by atoms with van der Waals surface area (Å²) in [4.78, 5) is 29.7. The zero-order valence-corrected chi connectivity index (χ0v) is 27.6. The molecule has 1 N–H and O–H groups in total. The lowest BCUT2D eigenvalue weighted by molar-refractivity contribution is -0.140. The molecule has 0 fully saturated rings. The first-order valence-corrected chi connectivity index (χ1v) is 16.6. The number of carbonyl (C=O) groups is 2. The fourth-order valence-electron chi connectivity index (χ4n) is 4.98. The lowest BCUT2D eigenvalue weighted by Crippen LogP contribution is -2.53. The Labute approximate surface area is 275 Å². The Kier molecular flexibility index (Phi) is 12.1. The number of nitrogens with zero attached hydrogens (tertiary/aromatic N) is 2. The Balaban J connectivity index is 1.83. The lowest BCUT2D eigenvalue weighted by atomic mass is 10.0. The molecule has 4 aromatic rings. The fourth-order valence-corrected chi connectivity index (χ4v) is 6.62. The molecule has 0 saturated heterocycles. The van der Waals surface area contributed by atoms with Gasteiger partial charge < -0.3 is 19.7 Å². The number of benzene rings is 4. The second-order valence-electron chi connectivity index (χ2n) is 10.5. The van der Waals surface area contributed by atoms with E-state index in [1.54, 1.807) is 48.5 Å². The summed E-state index contributed by atoms with van der Waals surface area (Å²) >= 11 is 6.30. The van der Waals surface area contributed by atoms with E-state index in [4.69, 9.17) is 21.1 Å². The molecule has 1 atom stereocenters. The quantitative estimate of drug-likeness (QED) is 0.175. The molecule has 0 spiro atoms. The Morgan fingerprint density at radius 1 is 0.826 bits per heavy atom. The molecule has 242 valence electrons. The summed E-state index contributed by atoms with van der Waals surface area (Å²) in [6, 6.07) is 27.9. The van der Waals surface area contributed by atoms with Crippen molar-refractivity contribution in [2.24, 2.45) is 0 Å². The van der Waals surface area contributed by atoms with Crippen LogP contribution in [0.25, 0.3) is 0 Å². The minimum atomic E-state index is -4.26. The van der Waals surface area contributed by atoms with Crippen molar-refractivity contribution in [3.63, 3.8) is 0 Å². The van der Waals surface area contributed by atoms with Crippen molar-refractivity contribution in [3.05, 3.63) is 119 Å². The maximum Gasteiger partial charge on any atom is 0.264 e. The number of hydrogen-bond donors (Lipinski definition) is 1. The molecule has 0 unspecified atom stereocenters. The zero-order valence-electron chi connectivity index (χ0n) is 26.1. The molecule has 0 heterocycles. The first kappa shape index (κ1) is 34.3. The number of rotatable bonds is 15. The molecule has 0 bridgehead atoms. The standard InChI is InChI=1S/C35H38ClN3O6S/c1-4-20-37-35(41)31(22-26-12-7-5-8-13-26)38(24-27-14-11-15-28(36)21-27)34(40)25-39(46(42,43)30-16-9-6-10-17-30)29-18-19-32(44-2)33(23-29)45-3/h5-19,21,23,31H,4,20,22,24-25H2,1-3H3,(H,37,41)/t31-/m0/s1. The van der Waals surface area contributed by atoms with Gasteiger partial charge in [0.15, 0.2) is 11.5 Å². The maximum absolute atomic E-state index is 14.5. The van der Waals surface area contributed by atoms with Crippen LogP contribution in [0.2, 0.25) is 5.02 Å². The summed E-state index contributed by atoms with van der Waals surface area (Å²) in [6.07, 6.45) is 0.916. The predicted molar refractivity (Wildman–Crippen MR) is 180 cm³/mol. The van der Waals surface area contributed by atoms with Crippen LogP contribution < -0.4 is 19.1 Å². The van der Waals surface area contributed by atoms with E-state index in [0.29, 0.717) is 29.3 Å². The summed E-state index contributed by atoms with van der Waals surface area (Å²) in [5.74, 6) is -0.239. The van der Waals surface area contributed by atoms with Gasteiger partial charge in [-0.25, -0.2) is 8.42 Å². The molecule has 4 aromatic carbocycles. The van der Waals surface area contributed by atoms with E-state index in [9.17, 15) is 18.0 Å². The number of carbonyl (C=O) groups excluding carboxylic acids is 2. The topological polar surface area (TPSA) is 105 Å². The summed E-state index contributed by atoms with van der Waals surface area (Å²) in [7, 11) is -1.34. The van der Waals surface area contributed by atoms with Crippen molar-refractivity contribution in [1.29, 1.82) is 0 Å². The highest BCUT2D eigenvalue weighted by molar-refractivity contribution is 7.92. The molecule has 2 amide bonds. The Hall–Kier alpha value is -4.54. The van der Waals surface area contributed by atoms with Crippen LogP contribution in [0.15, 0.2) is 108 Å². The zero-order chi connectivity index (χ0) is 33.1. The molecule has 0 aliphatic rings. The highest BCUT2D eigenvalue weighted by atomic mass is 35.5. The molecule has 0 aliphatic heterocycles. The van der Waals surface area contributed by atoms with Crippen LogP contribution in [0.5, 0.6) is 11.5 Å². The molecule has 0 aliphatic carbocycles. The summed E-state index contributed by atoms with van der Waals surface area (Å²) in [6.45, 7) is 1.78. The Morgan fingerprint density at radius 2 is 1.48 bits per heavy atom. The monoisotopic (exact) mass is 663 g/mol. The number of methoxy groups -OCH3 is 2. The number of sulfonamides is 1. The molecule has 46 heavy (non-hydrogen) atoms. The smallest absolute Gasteiger partial charge is 0.264 e. The number of nitrogens with one attached hydrogen (secondary N) is 1. The van der Waals surface area contributed by atoms with Gasteiger partial charge in [-0.1, -0.05) is 79.2 Å². The minimum Gasteiger partial charge on any atom is -0.493 e. The number of hydrogen-bond acceptors (Lipinski definition) is 6. The van der Waals surface area contributed by atoms with Gasteiger partial charge in [0.05, 0.1) is 24.8 Å². The minimum absolute atomic E-state index is 0.000463. The van der Waals surface area contributed by atoms with E-state index in [1.807, 2.05) is 43.3 Å². The third-order valence-corrected chi connectivity index (χ3v) is 9.35. The second-order valence-corrected chi connectivity index (χ2v) is 12.8. The number of amides is 2. The van der Waals surface area contributed by atoms with Gasteiger partial charge in [-0.3, -0.25) is 13.9 Å². The van der Waals surface area contributed by atoms with Gasteiger partial charge in [-0.2, -0.15) is 0 Å². The Morgan fingerprint density at radius 3 is 2.11 bits per heavy atom. The summed E-state index contributed by atoms with van der Waals surface area (Å²) in [5.41, 5.74) is 1.72. The molecule has 0 aromatic heterocycles. The van der Waals surface area contributed by atoms with Crippen molar-refractivity contribution in [3.8, 4) is 11.5 Å². The third-order valence-electron chi connectivity index (χ3n) is 7.33. The highest BCUT2D eigenvalue weighted by Gasteiger charge is 2.35. The first-order valence-electron chi connectivity index (χ1n) is 14.8. The van der Waals surface area contributed by atoms with Gasteiger partial charge in [-0.05, 0) is 53.9 Å². The molecule has 0 saturated carbocycles. The highest BCUT2D eigenvalue weighted by Crippen LogP contribution is 2.34. The van der Waals surface area contributed by atoms with Crippen molar-refractivity contribution in [1.82, 2.24) is 10.2 Å². The van der Waals surface area contributed by atoms with E-state index in [2.05, 4.69) is 5.32 Å². The van der Waals surface area contributed by atoms with E-state index in [0.717, 1.165) is 9.87 Å². The molecule has 11 heteroatoms. The number of ether oxygens (including phenoxy) is 2. The van der Waals surface area contributed by atoms with Gasteiger partial charge in [0.2, 0.25) is 11.8 Å². The van der Waals surface area contributed by atoms with Crippen LogP contribution in [-0.4, -0.2) is 58.5 Å². The van der Waals surface area contributed by atoms with Crippen LogP contribution in [-0.2, 0) is 32.6 Å². The van der Waals surface area contributed by atoms with Crippen LogP contribution in [0.4, 0.5) is 5.69 Å². The normalized spacial score (nSPS) is 11.7. The van der Waals surface area contributed by atoms with Gasteiger partial charge in [-0.15, -0.1) is 0 Å². The summed E-state index contributed by atoms with van der Waals surface area (Å²) < 4.78 is 40.2. The summed E-state index contributed by atoms with van der Waals surface area (Å²) in [5, 5.41) is 3.40. The predicted octanol–water partition coefficient (Wildman–Crippen LogP) is 5.72. The molecule has 9 nitrogen and oxygen atoms in total. The third kappa shape index (κ3) is 8.58. The first-order chi connectivity index (χ1) is 22.2. The number of anilines is 1. The van der Waals surface area contributed by atoms with E-state index >= 15 is 0 Å². The van der Waals surface area contributed by atoms with Crippen LogP contribution in [0.3, 0.4) is 0 Å². The van der Waals surface area contributed by atoms with Crippen molar-refractivity contribution in [2.45, 2.75) is 37.2 Å². The lowest BCUT2D eigenvalue weighted by Gasteiger charge is -2.34. The average Bonchev–Trinajstić information content (AvgIpc) is 3.08. The van der Waals surface area contributed by atoms with Gasteiger partial charge in [0.1, 0.15) is 12.6 Å². The molecule has 0 radical (unpaired) electrons. The van der Waals surface area contributed by atoms with Crippen molar-refractivity contribution >= 4 is 39.1 Å². The molecular weight excluding hydrogens is 626 g/mol. The van der Waals surface area contributed by atoms with Gasteiger partial charge in [0.25, 0.3) is 10.0 Å². The van der Waals surface area contributed by atoms with Crippen molar-refractivity contribution < 1.29 is 27.5 Å². The second kappa shape index (κ2) is 16.1. The largest absolute Gasteiger partial charge is 0.493 e. The Bertz CT molecular complexity index is 1720. The van der Waals surface area contributed by atoms with Crippen LogP contribution in [0, 0.1) is 0 Å².